The van der Waals surface area contributed by atoms with Crippen molar-refractivity contribution in [1.82, 2.24) is 10.3 Å². The van der Waals surface area contributed by atoms with Crippen molar-refractivity contribution in [3.63, 3.8) is 0 Å². The topological polar surface area (TPSA) is 75.4 Å². The maximum atomic E-state index is 10.8. The fraction of sp³-hybridized carbons (Fsp3) is 0.200. The normalized spacial score (nSPS) is 22.2. The summed E-state index contributed by atoms with van der Waals surface area (Å²) in [6, 6.07) is -0.585. The zero-order chi connectivity index (χ0) is 7.72. The van der Waals surface area contributed by atoms with Gasteiger partial charge in [-0.15, -0.1) is 0 Å². The van der Waals surface area contributed by atoms with Crippen LogP contribution in [-0.4, -0.2) is 16.9 Å². The summed E-state index contributed by atoms with van der Waals surface area (Å²) in [4.78, 5) is 21.4. The molecule has 5 nitrogen and oxygen atoms in total. The van der Waals surface area contributed by atoms with Gasteiger partial charge in [0.2, 0.25) is 0 Å². The van der Waals surface area contributed by atoms with E-state index in [-0.39, 0.29) is 5.70 Å². The van der Waals surface area contributed by atoms with Gasteiger partial charge in [-0.05, 0) is 6.92 Å². The summed E-state index contributed by atoms with van der Waals surface area (Å²) in [5.74, 6) is 4.53. The van der Waals surface area contributed by atoms with Gasteiger partial charge in [-0.3, -0.25) is 4.79 Å². The lowest BCUT2D eigenvalue weighted by atomic mass is 10.4. The number of hydrogen-bond donors (Lipinski definition) is 2. The van der Waals surface area contributed by atoms with Crippen LogP contribution in [0, 0.1) is 0 Å². The minimum absolute atomic E-state index is 0.229. The minimum atomic E-state index is -0.585. The van der Waals surface area contributed by atoms with E-state index < -0.39 is 11.9 Å². The summed E-state index contributed by atoms with van der Waals surface area (Å²) in [6.45, 7) is 1.65. The number of urea groups is 1. The van der Waals surface area contributed by atoms with Crippen LogP contribution in [0.2, 0.25) is 0 Å². The Kier molecular flexibility index (Phi) is 1.42. The van der Waals surface area contributed by atoms with E-state index in [1.165, 1.54) is 6.08 Å². The highest BCUT2D eigenvalue weighted by Gasteiger charge is 2.30. The molecule has 0 aliphatic carbocycles. The predicted molar refractivity (Wildman–Crippen MR) is 33.3 cm³/mol. The Morgan fingerprint density at radius 2 is 2.20 bits per heavy atom. The summed E-state index contributed by atoms with van der Waals surface area (Å²) >= 11 is 0. The Labute approximate surface area is 57.4 Å². The van der Waals surface area contributed by atoms with Crippen LogP contribution in [0.5, 0.6) is 0 Å². The van der Waals surface area contributed by atoms with Crippen molar-refractivity contribution < 1.29 is 9.59 Å². The number of nitrogens with two attached hydrogens (primary N) is 1. The Bertz CT molecular complexity index is 221. The molecule has 1 fully saturated rings. The first-order valence-corrected chi connectivity index (χ1v) is 2.73. The highest BCUT2D eigenvalue weighted by atomic mass is 16.2. The highest BCUT2D eigenvalue weighted by molar-refractivity contribution is 6.10. The third-order valence-electron chi connectivity index (χ3n) is 1.20. The summed E-state index contributed by atoms with van der Waals surface area (Å²) in [6.07, 6.45) is 1.49. The van der Waals surface area contributed by atoms with Gasteiger partial charge >= 0.3 is 6.03 Å². The average Bonchev–Trinajstić information content (AvgIpc) is 2.17. The molecule has 0 unspecified atom stereocenters. The lowest BCUT2D eigenvalue weighted by Gasteiger charge is -1.98. The van der Waals surface area contributed by atoms with Gasteiger partial charge in [-0.25, -0.2) is 10.6 Å². The van der Waals surface area contributed by atoms with Gasteiger partial charge in [0.25, 0.3) is 5.91 Å². The number of nitrogens with one attached hydrogen (secondary N) is 1. The molecule has 5 heteroatoms. The summed E-state index contributed by atoms with van der Waals surface area (Å²) in [5, 5.41) is 2.81. The van der Waals surface area contributed by atoms with Crippen LogP contribution in [0.4, 0.5) is 4.79 Å². The van der Waals surface area contributed by atoms with E-state index in [4.69, 9.17) is 5.84 Å². The highest BCUT2D eigenvalue weighted by Crippen LogP contribution is 2.03. The Hall–Kier alpha value is -1.36. The van der Waals surface area contributed by atoms with Crippen LogP contribution in [0.1, 0.15) is 6.92 Å². The second kappa shape index (κ2) is 2.11. The third kappa shape index (κ3) is 0.763. The van der Waals surface area contributed by atoms with E-state index in [9.17, 15) is 9.59 Å². The number of hydrazine groups is 1. The van der Waals surface area contributed by atoms with Gasteiger partial charge in [0, 0.05) is 0 Å². The molecular weight excluding hydrogens is 134 g/mol. The molecule has 3 amide bonds. The number of hydrogen-bond acceptors (Lipinski definition) is 3. The van der Waals surface area contributed by atoms with Crippen LogP contribution in [-0.2, 0) is 4.79 Å². The van der Waals surface area contributed by atoms with E-state index in [0.29, 0.717) is 5.01 Å². The zero-order valence-corrected chi connectivity index (χ0v) is 5.42. The molecule has 54 valence electrons. The maximum absolute atomic E-state index is 10.8. The van der Waals surface area contributed by atoms with Crippen molar-refractivity contribution >= 4 is 11.9 Å². The SMILES string of the molecule is CC=C1NC(=O)N(N)C1=O. The molecule has 0 spiro atoms. The summed E-state index contributed by atoms with van der Waals surface area (Å²) < 4.78 is 0. The molecule has 0 aromatic heterocycles. The molecule has 1 aliphatic rings. The van der Waals surface area contributed by atoms with Crippen molar-refractivity contribution in [2.75, 3.05) is 0 Å². The van der Waals surface area contributed by atoms with Gasteiger partial charge in [0.15, 0.2) is 0 Å². The molecule has 0 atom stereocenters. The minimum Gasteiger partial charge on any atom is -0.302 e. The van der Waals surface area contributed by atoms with Crippen molar-refractivity contribution in [2.45, 2.75) is 6.92 Å². The van der Waals surface area contributed by atoms with E-state index in [0.717, 1.165) is 0 Å². The molecular formula is C5H7N3O2. The van der Waals surface area contributed by atoms with Crippen LogP contribution in [0.25, 0.3) is 0 Å². The smallest absolute Gasteiger partial charge is 0.302 e. The zero-order valence-electron chi connectivity index (χ0n) is 5.42. The van der Waals surface area contributed by atoms with Crippen LogP contribution in [0.15, 0.2) is 11.8 Å². The first-order chi connectivity index (χ1) is 4.66. The third-order valence-corrected chi connectivity index (χ3v) is 1.20. The van der Waals surface area contributed by atoms with Crippen molar-refractivity contribution in [3.8, 4) is 0 Å². The van der Waals surface area contributed by atoms with Crippen molar-refractivity contribution in [3.05, 3.63) is 11.8 Å². The molecule has 1 rings (SSSR count). The van der Waals surface area contributed by atoms with Crippen LogP contribution >= 0.6 is 0 Å². The monoisotopic (exact) mass is 141 g/mol. The lowest BCUT2D eigenvalue weighted by Crippen LogP contribution is -2.37. The quantitative estimate of drug-likeness (QED) is 0.203. The number of carbonyl (C=O) groups excluding carboxylic acids is 2. The molecule has 0 aromatic rings. The first-order valence-electron chi connectivity index (χ1n) is 2.73. The van der Waals surface area contributed by atoms with E-state index in [1.807, 2.05) is 0 Å². The first kappa shape index (κ1) is 6.76. The maximum Gasteiger partial charge on any atom is 0.343 e. The molecule has 1 aliphatic heterocycles. The molecule has 0 bridgehead atoms. The van der Waals surface area contributed by atoms with E-state index >= 15 is 0 Å². The Morgan fingerprint density at radius 1 is 1.60 bits per heavy atom. The fourth-order valence-corrected chi connectivity index (χ4v) is 0.647. The van der Waals surface area contributed by atoms with Crippen molar-refractivity contribution in [1.29, 1.82) is 0 Å². The lowest BCUT2D eigenvalue weighted by molar-refractivity contribution is -0.123. The average molecular weight is 141 g/mol. The van der Waals surface area contributed by atoms with E-state index in [1.54, 1.807) is 6.92 Å². The molecule has 10 heavy (non-hydrogen) atoms. The standard InChI is InChI=1S/C5H7N3O2/c1-2-3-4(9)8(6)5(10)7-3/h2H,6H2,1H3,(H,7,10). The molecule has 3 N–H and O–H groups in total. The van der Waals surface area contributed by atoms with Gasteiger partial charge in [0.05, 0.1) is 0 Å². The molecule has 0 radical (unpaired) electrons. The second-order valence-electron chi connectivity index (χ2n) is 1.81. The Morgan fingerprint density at radius 3 is 2.40 bits per heavy atom. The van der Waals surface area contributed by atoms with E-state index in [2.05, 4.69) is 5.32 Å². The van der Waals surface area contributed by atoms with Gasteiger partial charge in [-0.1, -0.05) is 6.08 Å². The molecule has 0 saturated carbocycles. The second-order valence-corrected chi connectivity index (χ2v) is 1.81. The number of carbonyl (C=O) groups is 2. The Balaban J connectivity index is 2.92. The number of rotatable bonds is 0. The number of imide groups is 1. The number of allylic oxidation sites excluding steroid dienone is 1. The predicted octanol–water partition coefficient (Wildman–Crippen LogP) is -0.684. The summed E-state index contributed by atoms with van der Waals surface area (Å²) in [7, 11) is 0. The number of nitrogens with zero attached hydrogens (tertiary/aromatic N) is 1. The van der Waals surface area contributed by atoms with Gasteiger partial charge in [0.1, 0.15) is 5.70 Å². The summed E-state index contributed by atoms with van der Waals surface area (Å²) in [5.41, 5.74) is 0.229. The van der Waals surface area contributed by atoms with Gasteiger partial charge < -0.3 is 5.32 Å². The van der Waals surface area contributed by atoms with Gasteiger partial charge in [-0.2, -0.15) is 5.01 Å². The largest absolute Gasteiger partial charge is 0.343 e. The molecule has 1 saturated heterocycles. The fourth-order valence-electron chi connectivity index (χ4n) is 0.647. The van der Waals surface area contributed by atoms with Crippen LogP contribution in [0.3, 0.4) is 0 Å². The van der Waals surface area contributed by atoms with Crippen LogP contribution < -0.4 is 11.2 Å². The van der Waals surface area contributed by atoms with Crippen molar-refractivity contribution in [2.24, 2.45) is 5.84 Å². The molecule has 1 heterocycles. The number of amides is 3. The molecule has 0 aromatic carbocycles.